The van der Waals surface area contributed by atoms with Gasteiger partial charge in [-0.1, -0.05) is 0 Å². The van der Waals surface area contributed by atoms with Gasteiger partial charge in [-0.15, -0.1) is 0 Å². The summed E-state index contributed by atoms with van der Waals surface area (Å²) in [7, 11) is -2.08. The molecule has 0 bridgehead atoms. The first-order chi connectivity index (χ1) is 12.8. The third-order valence-corrected chi connectivity index (χ3v) is 6.11. The molecule has 1 amide bonds. The molecule has 2 rings (SSSR count). The van der Waals surface area contributed by atoms with Crippen LogP contribution in [-0.2, 0) is 29.1 Å². The van der Waals surface area contributed by atoms with Crippen LogP contribution in [0.1, 0.15) is 19.8 Å². The summed E-state index contributed by atoms with van der Waals surface area (Å²) in [5, 5.41) is 2.65. The van der Waals surface area contributed by atoms with Crippen LogP contribution < -0.4 is 5.32 Å². The Morgan fingerprint density at radius 3 is 2.67 bits per heavy atom. The van der Waals surface area contributed by atoms with Gasteiger partial charge in [-0.3, -0.25) is 14.6 Å². The smallest absolute Gasteiger partial charge is 0.309 e. The molecule has 0 saturated carbocycles. The van der Waals surface area contributed by atoms with E-state index >= 15 is 0 Å². The topological polar surface area (TPSA) is 115 Å². The lowest BCUT2D eigenvalue weighted by atomic mass is 9.98. The number of hydrogen-bond acceptors (Lipinski definition) is 7. The summed E-state index contributed by atoms with van der Waals surface area (Å²) < 4.78 is 36.4. The third-order valence-electron chi connectivity index (χ3n) is 4.23. The zero-order valence-corrected chi connectivity index (χ0v) is 16.3. The molecule has 0 aliphatic carbocycles. The lowest BCUT2D eigenvalue weighted by Crippen LogP contribution is -2.42. The van der Waals surface area contributed by atoms with E-state index in [0.717, 1.165) is 0 Å². The summed E-state index contributed by atoms with van der Waals surface area (Å²) in [4.78, 5) is 27.8. The molecule has 0 radical (unpaired) electrons. The van der Waals surface area contributed by atoms with E-state index in [9.17, 15) is 18.0 Å². The van der Waals surface area contributed by atoms with Crippen LogP contribution >= 0.6 is 0 Å². The summed E-state index contributed by atoms with van der Waals surface area (Å²) in [6, 6.07) is 2.88. The Kier molecular flexibility index (Phi) is 7.69. The SMILES string of the molecule is COCC(C)NC(=O)COC(=O)C1CCN(S(=O)(=O)c2cccnc2)CC1. The molecule has 1 fully saturated rings. The van der Waals surface area contributed by atoms with Crippen molar-refractivity contribution >= 4 is 21.9 Å². The molecule has 1 N–H and O–H groups in total. The highest BCUT2D eigenvalue weighted by Gasteiger charge is 2.33. The van der Waals surface area contributed by atoms with E-state index in [1.165, 1.54) is 29.9 Å². The number of sulfonamides is 1. The van der Waals surface area contributed by atoms with Gasteiger partial charge in [-0.2, -0.15) is 4.31 Å². The minimum atomic E-state index is -3.61. The largest absolute Gasteiger partial charge is 0.455 e. The van der Waals surface area contributed by atoms with Gasteiger partial charge >= 0.3 is 5.97 Å². The summed E-state index contributed by atoms with van der Waals surface area (Å²) in [5.74, 6) is -1.30. The zero-order valence-electron chi connectivity index (χ0n) is 15.5. The van der Waals surface area contributed by atoms with Crippen molar-refractivity contribution in [2.24, 2.45) is 5.92 Å². The number of amides is 1. The second-order valence-corrected chi connectivity index (χ2v) is 8.34. The lowest BCUT2D eigenvalue weighted by molar-refractivity contribution is -0.153. The van der Waals surface area contributed by atoms with E-state index in [0.29, 0.717) is 19.4 Å². The van der Waals surface area contributed by atoms with E-state index in [1.807, 2.05) is 0 Å². The fourth-order valence-corrected chi connectivity index (χ4v) is 4.28. The van der Waals surface area contributed by atoms with Gasteiger partial charge in [0.15, 0.2) is 6.61 Å². The Morgan fingerprint density at radius 1 is 1.37 bits per heavy atom. The highest BCUT2D eigenvalue weighted by molar-refractivity contribution is 7.89. The number of carbonyl (C=O) groups is 2. The number of pyridine rings is 1. The number of esters is 1. The Bertz CT molecular complexity index is 732. The highest BCUT2D eigenvalue weighted by atomic mass is 32.2. The molecular formula is C17H25N3O6S. The monoisotopic (exact) mass is 399 g/mol. The number of rotatable bonds is 8. The van der Waals surface area contributed by atoms with Crippen molar-refractivity contribution in [2.45, 2.75) is 30.7 Å². The summed E-state index contributed by atoms with van der Waals surface area (Å²) in [6.45, 7) is 2.22. The maximum Gasteiger partial charge on any atom is 0.309 e. The predicted octanol–water partition coefficient (Wildman–Crippen LogP) is 0.177. The first-order valence-corrected chi connectivity index (χ1v) is 10.1. The third kappa shape index (κ3) is 5.98. The number of hydrogen-bond donors (Lipinski definition) is 1. The van der Waals surface area contributed by atoms with Crippen molar-refractivity contribution < 1.29 is 27.5 Å². The summed E-state index contributed by atoms with van der Waals surface area (Å²) in [5.41, 5.74) is 0. The van der Waals surface area contributed by atoms with Gasteiger partial charge in [0.2, 0.25) is 10.0 Å². The first-order valence-electron chi connectivity index (χ1n) is 8.69. The molecule has 0 spiro atoms. The molecule has 1 aliphatic heterocycles. The maximum atomic E-state index is 12.5. The van der Waals surface area contributed by atoms with E-state index < -0.39 is 27.8 Å². The zero-order chi connectivity index (χ0) is 19.9. The van der Waals surface area contributed by atoms with Crippen LogP contribution in [0.2, 0.25) is 0 Å². The van der Waals surface area contributed by atoms with E-state index in [2.05, 4.69) is 10.3 Å². The first kappa shape index (κ1) is 21.3. The molecule has 1 aromatic heterocycles. The Labute approximate surface area is 159 Å². The number of nitrogens with zero attached hydrogens (tertiary/aromatic N) is 2. The molecule has 1 unspecified atom stereocenters. The molecule has 27 heavy (non-hydrogen) atoms. The Morgan fingerprint density at radius 2 is 2.07 bits per heavy atom. The van der Waals surface area contributed by atoms with Gasteiger partial charge in [0.1, 0.15) is 4.90 Å². The normalized spacial score (nSPS) is 17.3. The molecule has 9 nitrogen and oxygen atoms in total. The van der Waals surface area contributed by atoms with Gasteiger partial charge in [0.25, 0.3) is 5.91 Å². The minimum Gasteiger partial charge on any atom is -0.455 e. The molecular weight excluding hydrogens is 374 g/mol. The maximum absolute atomic E-state index is 12.5. The molecule has 10 heteroatoms. The number of nitrogens with one attached hydrogen (secondary N) is 1. The van der Waals surface area contributed by atoms with Crippen molar-refractivity contribution in [3.05, 3.63) is 24.5 Å². The van der Waals surface area contributed by atoms with Crippen LogP contribution in [0.15, 0.2) is 29.4 Å². The second kappa shape index (κ2) is 9.77. The number of methoxy groups -OCH3 is 1. The number of carbonyl (C=O) groups excluding carboxylic acids is 2. The summed E-state index contributed by atoms with van der Waals surface area (Å²) >= 11 is 0. The van der Waals surface area contributed by atoms with Crippen LogP contribution in [0, 0.1) is 5.92 Å². The number of piperidine rings is 1. The molecule has 1 aromatic rings. The van der Waals surface area contributed by atoms with Gasteiger partial charge < -0.3 is 14.8 Å². The van der Waals surface area contributed by atoms with Crippen molar-refractivity contribution in [1.82, 2.24) is 14.6 Å². The van der Waals surface area contributed by atoms with Crippen molar-refractivity contribution in [2.75, 3.05) is 33.4 Å². The van der Waals surface area contributed by atoms with Crippen LogP contribution in [0.4, 0.5) is 0 Å². The molecule has 2 heterocycles. The quantitative estimate of drug-likeness (QED) is 0.620. The van der Waals surface area contributed by atoms with Crippen molar-refractivity contribution in [1.29, 1.82) is 0 Å². The molecule has 1 aliphatic rings. The van der Waals surface area contributed by atoms with E-state index in [4.69, 9.17) is 9.47 Å². The fourth-order valence-electron chi connectivity index (χ4n) is 2.84. The van der Waals surface area contributed by atoms with Crippen LogP contribution in [0.3, 0.4) is 0 Å². The van der Waals surface area contributed by atoms with Crippen LogP contribution in [0.25, 0.3) is 0 Å². The molecule has 0 aromatic carbocycles. The van der Waals surface area contributed by atoms with E-state index in [1.54, 1.807) is 13.0 Å². The van der Waals surface area contributed by atoms with Crippen molar-refractivity contribution in [3.8, 4) is 0 Å². The molecule has 1 saturated heterocycles. The fraction of sp³-hybridized carbons (Fsp3) is 0.588. The average molecular weight is 399 g/mol. The van der Waals surface area contributed by atoms with Crippen LogP contribution in [0.5, 0.6) is 0 Å². The summed E-state index contributed by atoms with van der Waals surface area (Å²) in [6.07, 6.45) is 3.51. The van der Waals surface area contributed by atoms with Gasteiger partial charge in [-0.05, 0) is 31.9 Å². The van der Waals surface area contributed by atoms with Gasteiger partial charge in [0.05, 0.1) is 12.5 Å². The van der Waals surface area contributed by atoms with Gasteiger partial charge in [-0.25, -0.2) is 8.42 Å². The average Bonchev–Trinajstić information content (AvgIpc) is 2.67. The van der Waals surface area contributed by atoms with Crippen molar-refractivity contribution in [3.63, 3.8) is 0 Å². The van der Waals surface area contributed by atoms with Gasteiger partial charge in [0, 0.05) is 38.6 Å². The lowest BCUT2D eigenvalue weighted by Gasteiger charge is -2.30. The standard InChI is InChI=1S/C17H25N3O6S/c1-13(11-25-2)19-16(21)12-26-17(22)14-5-8-20(9-6-14)27(23,24)15-4-3-7-18-10-15/h3-4,7,10,13-14H,5-6,8-9,11-12H2,1-2H3,(H,19,21). The molecule has 1 atom stereocenters. The minimum absolute atomic E-state index is 0.132. The second-order valence-electron chi connectivity index (χ2n) is 6.40. The predicted molar refractivity (Wildman–Crippen MR) is 96.2 cm³/mol. The van der Waals surface area contributed by atoms with Crippen LogP contribution in [-0.4, -0.2) is 69.0 Å². The Balaban J connectivity index is 1.80. The number of ether oxygens (including phenoxy) is 2. The van der Waals surface area contributed by atoms with E-state index in [-0.39, 0.29) is 30.6 Å². The Hall–Kier alpha value is -2.04. The molecule has 150 valence electrons. The highest BCUT2D eigenvalue weighted by Crippen LogP contribution is 2.24. The number of aromatic nitrogens is 1.